The largest absolute Gasteiger partial charge is 0.464 e. The minimum atomic E-state index is -4.54. The smallest absolute Gasteiger partial charge is 0.422 e. The molecule has 0 spiro atoms. The number of halogens is 3. The van der Waals surface area contributed by atoms with Crippen LogP contribution < -0.4 is 15.2 Å². The topological polar surface area (TPSA) is 129 Å². The van der Waals surface area contributed by atoms with Crippen LogP contribution in [0.5, 0.6) is 17.6 Å². The number of rotatable bonds is 5. The van der Waals surface area contributed by atoms with Crippen molar-refractivity contribution >= 4 is 16.9 Å². The van der Waals surface area contributed by atoms with Crippen molar-refractivity contribution in [3.8, 4) is 17.6 Å². The number of hydrogen-bond donors (Lipinski definition) is 2. The highest BCUT2D eigenvalue weighted by molar-refractivity contribution is 5.92. The molecular formula is C13H9F3N6O3. The number of primary amides is 1. The lowest BCUT2D eigenvalue weighted by Crippen LogP contribution is -2.20. The molecule has 3 aromatic heterocycles. The second kappa shape index (κ2) is 6.22. The van der Waals surface area contributed by atoms with Gasteiger partial charge in [0.15, 0.2) is 12.4 Å². The number of hydrogen-bond acceptors (Lipinski definition) is 7. The van der Waals surface area contributed by atoms with Gasteiger partial charge in [0, 0.05) is 18.5 Å². The van der Waals surface area contributed by atoms with Crippen molar-refractivity contribution in [3.63, 3.8) is 0 Å². The van der Waals surface area contributed by atoms with Gasteiger partial charge in [-0.25, -0.2) is 19.9 Å². The molecule has 25 heavy (non-hydrogen) atoms. The van der Waals surface area contributed by atoms with Crippen LogP contribution in [0.25, 0.3) is 11.0 Å². The Kier molecular flexibility index (Phi) is 4.09. The lowest BCUT2D eigenvalue weighted by Gasteiger charge is -2.10. The van der Waals surface area contributed by atoms with E-state index in [1.54, 1.807) is 0 Å². The molecule has 130 valence electrons. The number of fused-ring (bicyclic) bond motifs is 1. The van der Waals surface area contributed by atoms with Crippen molar-refractivity contribution in [1.29, 1.82) is 0 Å². The van der Waals surface area contributed by atoms with Crippen LogP contribution in [-0.2, 0) is 0 Å². The number of nitrogens with one attached hydrogen (secondary N) is 1. The zero-order chi connectivity index (χ0) is 18.0. The van der Waals surface area contributed by atoms with Gasteiger partial charge in [-0.1, -0.05) is 0 Å². The van der Waals surface area contributed by atoms with E-state index in [0.717, 1.165) is 6.20 Å². The van der Waals surface area contributed by atoms with Crippen LogP contribution >= 0.6 is 0 Å². The summed E-state index contributed by atoms with van der Waals surface area (Å²) in [5, 5.41) is 0. The molecule has 1 amide bonds. The molecule has 0 unspecified atom stereocenters. The first-order valence-corrected chi connectivity index (χ1v) is 6.66. The van der Waals surface area contributed by atoms with Gasteiger partial charge in [-0.15, -0.1) is 0 Å². The molecule has 12 heteroatoms. The van der Waals surface area contributed by atoms with E-state index in [1.165, 1.54) is 18.5 Å². The molecule has 9 nitrogen and oxygen atoms in total. The van der Waals surface area contributed by atoms with Crippen LogP contribution in [-0.4, -0.2) is 43.6 Å². The molecule has 0 radical (unpaired) electrons. The Morgan fingerprint density at radius 3 is 2.60 bits per heavy atom. The van der Waals surface area contributed by atoms with Crippen LogP contribution in [0.1, 0.15) is 10.6 Å². The zero-order valence-electron chi connectivity index (χ0n) is 12.2. The minimum Gasteiger partial charge on any atom is -0.464 e. The number of ether oxygens (including phenoxy) is 2. The van der Waals surface area contributed by atoms with Crippen LogP contribution in [0, 0.1) is 0 Å². The molecule has 0 aliphatic carbocycles. The average Bonchev–Trinajstić information content (AvgIpc) is 2.97. The van der Waals surface area contributed by atoms with E-state index < -0.39 is 24.6 Å². The maximum absolute atomic E-state index is 12.3. The number of pyridine rings is 1. The first kappa shape index (κ1) is 16.4. The number of carbonyl (C=O) groups excluding carboxylic acids is 1. The Labute approximate surface area is 137 Å². The summed E-state index contributed by atoms with van der Waals surface area (Å²) in [7, 11) is 0. The summed E-state index contributed by atoms with van der Waals surface area (Å²) in [6, 6.07) is 1.35. The van der Waals surface area contributed by atoms with E-state index >= 15 is 0 Å². The number of aromatic amines is 1. The fourth-order valence-electron chi connectivity index (χ4n) is 1.79. The highest BCUT2D eigenvalue weighted by atomic mass is 19.4. The van der Waals surface area contributed by atoms with Crippen molar-refractivity contribution in [3.05, 3.63) is 30.5 Å². The summed E-state index contributed by atoms with van der Waals surface area (Å²) in [5.41, 5.74) is 5.86. The third-order valence-electron chi connectivity index (χ3n) is 2.78. The Hall–Kier alpha value is -3.44. The van der Waals surface area contributed by atoms with Crippen molar-refractivity contribution in [1.82, 2.24) is 24.9 Å². The fraction of sp³-hybridized carbons (Fsp3) is 0.154. The number of imidazole rings is 1. The average molecular weight is 354 g/mol. The quantitative estimate of drug-likeness (QED) is 0.711. The summed E-state index contributed by atoms with van der Waals surface area (Å²) in [6.45, 7) is -1.55. The molecule has 3 rings (SSSR count). The van der Waals surface area contributed by atoms with Crippen molar-refractivity contribution in [2.45, 2.75) is 6.18 Å². The molecule has 0 aromatic carbocycles. The number of amides is 1. The van der Waals surface area contributed by atoms with Crippen LogP contribution in [0.4, 0.5) is 13.2 Å². The van der Waals surface area contributed by atoms with Crippen LogP contribution in [0.15, 0.2) is 24.7 Å². The number of alkyl halides is 3. The number of nitrogens with two attached hydrogens (primary N) is 1. The minimum absolute atomic E-state index is 0.0348. The summed E-state index contributed by atoms with van der Waals surface area (Å²) in [4.78, 5) is 29.0. The predicted octanol–water partition coefficient (Wildman–Crippen LogP) is 1.58. The van der Waals surface area contributed by atoms with E-state index in [9.17, 15) is 18.0 Å². The maximum atomic E-state index is 12.3. The summed E-state index contributed by atoms with van der Waals surface area (Å²) < 4.78 is 46.7. The lowest BCUT2D eigenvalue weighted by atomic mass is 10.4. The highest BCUT2D eigenvalue weighted by Crippen LogP contribution is 2.28. The molecule has 0 fully saturated rings. The van der Waals surface area contributed by atoms with Gasteiger partial charge >= 0.3 is 6.18 Å². The molecule has 3 N–H and O–H groups in total. The van der Waals surface area contributed by atoms with Gasteiger partial charge in [0.05, 0.1) is 17.2 Å². The highest BCUT2D eigenvalue weighted by Gasteiger charge is 2.29. The molecule has 3 heterocycles. The van der Waals surface area contributed by atoms with Gasteiger partial charge in [0.2, 0.25) is 5.88 Å². The maximum Gasteiger partial charge on any atom is 0.422 e. The number of nitrogens with zero attached hydrogens (tertiary/aromatic N) is 4. The number of carbonyl (C=O) groups is 1. The predicted molar refractivity (Wildman–Crippen MR) is 76.1 cm³/mol. The SMILES string of the molecule is NC(=O)c1nc2cc(Oc3nccnc3OCC(F)(F)F)ncc2[nH]1. The van der Waals surface area contributed by atoms with Gasteiger partial charge in [-0.05, 0) is 0 Å². The van der Waals surface area contributed by atoms with Crippen LogP contribution in [0.2, 0.25) is 0 Å². The van der Waals surface area contributed by atoms with Gasteiger partial charge < -0.3 is 20.2 Å². The molecule has 0 atom stereocenters. The molecule has 3 aromatic rings. The molecule has 0 saturated carbocycles. The number of H-pyrrole nitrogens is 1. The Bertz CT molecular complexity index is 927. The molecule has 0 aliphatic rings. The normalized spacial score (nSPS) is 11.5. The lowest BCUT2D eigenvalue weighted by molar-refractivity contribution is -0.154. The fourth-order valence-corrected chi connectivity index (χ4v) is 1.79. The molecular weight excluding hydrogens is 345 g/mol. The van der Waals surface area contributed by atoms with Gasteiger partial charge in [-0.3, -0.25) is 4.79 Å². The van der Waals surface area contributed by atoms with Gasteiger partial charge in [0.1, 0.15) is 0 Å². The molecule has 0 aliphatic heterocycles. The Morgan fingerprint density at radius 2 is 1.92 bits per heavy atom. The first-order chi connectivity index (χ1) is 11.8. The van der Waals surface area contributed by atoms with E-state index in [0.29, 0.717) is 11.0 Å². The first-order valence-electron chi connectivity index (χ1n) is 6.66. The standard InChI is InChI=1S/C13H9F3N6O3/c14-13(15,16)5-24-11-12(19-2-1-18-11)25-8-3-6-7(4-20-8)22-10(21-6)9(17)23/h1-4H,5H2,(H2,17,23)(H,21,22). The van der Waals surface area contributed by atoms with Gasteiger partial charge in [-0.2, -0.15) is 13.2 Å². The van der Waals surface area contributed by atoms with E-state index in [2.05, 4.69) is 29.7 Å². The summed E-state index contributed by atoms with van der Waals surface area (Å²) in [5.74, 6) is -1.60. The van der Waals surface area contributed by atoms with Crippen molar-refractivity contribution < 1.29 is 27.4 Å². The third kappa shape index (κ3) is 3.91. The van der Waals surface area contributed by atoms with Crippen molar-refractivity contribution in [2.24, 2.45) is 5.73 Å². The summed E-state index contributed by atoms with van der Waals surface area (Å²) in [6.07, 6.45) is -0.848. The molecule has 0 bridgehead atoms. The van der Waals surface area contributed by atoms with E-state index in [4.69, 9.17) is 10.5 Å². The summed E-state index contributed by atoms with van der Waals surface area (Å²) >= 11 is 0. The number of aromatic nitrogens is 5. The van der Waals surface area contributed by atoms with E-state index in [1.807, 2.05) is 0 Å². The Morgan fingerprint density at radius 1 is 1.20 bits per heavy atom. The van der Waals surface area contributed by atoms with E-state index in [-0.39, 0.29) is 17.6 Å². The van der Waals surface area contributed by atoms with Crippen molar-refractivity contribution in [2.75, 3.05) is 6.61 Å². The molecule has 0 saturated heterocycles. The Balaban J connectivity index is 1.84. The second-order valence-electron chi connectivity index (χ2n) is 4.66. The third-order valence-corrected chi connectivity index (χ3v) is 2.78. The second-order valence-corrected chi connectivity index (χ2v) is 4.66. The van der Waals surface area contributed by atoms with Gasteiger partial charge in [0.25, 0.3) is 17.7 Å². The zero-order valence-corrected chi connectivity index (χ0v) is 12.2. The monoisotopic (exact) mass is 354 g/mol. The van der Waals surface area contributed by atoms with Crippen LogP contribution in [0.3, 0.4) is 0 Å².